The number of nitrogens with two attached hydrogens (primary N) is 1. The lowest BCUT2D eigenvalue weighted by Crippen LogP contribution is -2.14. The first-order chi connectivity index (χ1) is 6.52. The number of carbonyl (C=O) groups is 1. The van der Waals surface area contributed by atoms with Crippen LogP contribution in [0.25, 0.3) is 0 Å². The van der Waals surface area contributed by atoms with E-state index in [0.29, 0.717) is 6.42 Å². The zero-order valence-electron chi connectivity index (χ0n) is 8.45. The molecule has 0 aromatic carbocycles. The molecule has 14 heavy (non-hydrogen) atoms. The molecular weight excluding hydrogens is 185 g/mol. The van der Waals surface area contributed by atoms with E-state index < -0.39 is 12.1 Å². The highest BCUT2D eigenvalue weighted by atomic mass is 19.1. The highest BCUT2D eigenvalue weighted by molar-refractivity contribution is 5.79. The van der Waals surface area contributed by atoms with Crippen molar-refractivity contribution < 1.29 is 14.3 Å². The van der Waals surface area contributed by atoms with Crippen molar-refractivity contribution in [2.75, 3.05) is 0 Å². The van der Waals surface area contributed by atoms with Crippen molar-refractivity contribution in [2.45, 2.75) is 44.8 Å². The molecule has 3 N–H and O–H groups in total. The summed E-state index contributed by atoms with van der Waals surface area (Å²) in [5.41, 5.74) is 5.50. The number of hydrogen-bond donors (Lipinski definition) is 2. The number of halogens is 1. The molecule has 0 amide bonds. The minimum absolute atomic E-state index is 0.108. The predicted molar refractivity (Wildman–Crippen MR) is 53.8 cm³/mol. The molecule has 82 valence electrons. The van der Waals surface area contributed by atoms with Gasteiger partial charge in [0.05, 0.1) is 0 Å². The van der Waals surface area contributed by atoms with Crippen LogP contribution in [0.2, 0.25) is 0 Å². The van der Waals surface area contributed by atoms with Crippen LogP contribution >= 0.6 is 0 Å². The van der Waals surface area contributed by atoms with Crippen LogP contribution in [0.5, 0.6) is 0 Å². The second-order valence-electron chi connectivity index (χ2n) is 3.48. The SMILES string of the molecule is CC(N)CCCC(F)C/C=C/C(=O)O. The molecular formula is C10H18FNO2. The molecule has 0 aliphatic heterocycles. The maximum Gasteiger partial charge on any atom is 0.327 e. The molecule has 0 aliphatic rings. The van der Waals surface area contributed by atoms with Gasteiger partial charge < -0.3 is 10.8 Å². The average molecular weight is 203 g/mol. The number of aliphatic carboxylic acids is 1. The van der Waals surface area contributed by atoms with Crippen LogP contribution in [0, 0.1) is 0 Å². The summed E-state index contributed by atoms with van der Waals surface area (Å²) in [6, 6.07) is 0.108. The van der Waals surface area contributed by atoms with Crippen molar-refractivity contribution in [1.82, 2.24) is 0 Å². The minimum atomic E-state index is -1.03. The topological polar surface area (TPSA) is 63.3 Å². The Morgan fingerprint density at radius 3 is 2.71 bits per heavy atom. The standard InChI is InChI=1S/C10H18FNO2/c1-8(12)4-2-5-9(11)6-3-7-10(13)14/h3,7-9H,2,4-6,12H2,1H3,(H,13,14)/b7-3+. The van der Waals surface area contributed by atoms with Gasteiger partial charge >= 0.3 is 5.97 Å². The Bertz CT molecular complexity index is 193. The van der Waals surface area contributed by atoms with Crippen molar-refractivity contribution in [3.63, 3.8) is 0 Å². The smallest absolute Gasteiger partial charge is 0.327 e. The molecule has 3 nitrogen and oxygen atoms in total. The summed E-state index contributed by atoms with van der Waals surface area (Å²) in [6.45, 7) is 1.89. The van der Waals surface area contributed by atoms with Crippen molar-refractivity contribution in [3.8, 4) is 0 Å². The molecule has 0 fully saturated rings. The molecule has 0 saturated carbocycles. The molecule has 0 aliphatic carbocycles. The molecule has 0 aromatic heterocycles. The van der Waals surface area contributed by atoms with Gasteiger partial charge in [-0.3, -0.25) is 0 Å². The minimum Gasteiger partial charge on any atom is -0.478 e. The summed E-state index contributed by atoms with van der Waals surface area (Å²) >= 11 is 0. The number of rotatable bonds is 7. The van der Waals surface area contributed by atoms with Crippen LogP contribution in [0.15, 0.2) is 12.2 Å². The fourth-order valence-electron chi connectivity index (χ4n) is 1.10. The number of allylic oxidation sites excluding steroid dienone is 1. The first-order valence-corrected chi connectivity index (χ1v) is 4.81. The van der Waals surface area contributed by atoms with Crippen LogP contribution in [-0.2, 0) is 4.79 Å². The Morgan fingerprint density at radius 1 is 1.57 bits per heavy atom. The molecule has 0 heterocycles. The molecule has 0 bridgehead atoms. The van der Waals surface area contributed by atoms with E-state index in [1.54, 1.807) is 0 Å². The number of alkyl halides is 1. The Hall–Kier alpha value is -0.900. The third-order valence-corrected chi connectivity index (χ3v) is 1.83. The van der Waals surface area contributed by atoms with Crippen LogP contribution in [0.3, 0.4) is 0 Å². The maximum atomic E-state index is 13.0. The van der Waals surface area contributed by atoms with Gasteiger partial charge in [0.1, 0.15) is 6.17 Å². The van der Waals surface area contributed by atoms with Gasteiger partial charge in [0.15, 0.2) is 0 Å². The van der Waals surface area contributed by atoms with Crippen molar-refractivity contribution in [3.05, 3.63) is 12.2 Å². The summed E-state index contributed by atoms with van der Waals surface area (Å²) in [7, 11) is 0. The Kier molecular flexibility index (Phi) is 7.02. The molecule has 0 rings (SSSR count). The molecule has 0 aromatic rings. The quantitative estimate of drug-likeness (QED) is 0.621. The van der Waals surface area contributed by atoms with E-state index in [1.165, 1.54) is 6.08 Å². The van der Waals surface area contributed by atoms with Gasteiger partial charge in [-0.1, -0.05) is 6.08 Å². The second-order valence-corrected chi connectivity index (χ2v) is 3.48. The lowest BCUT2D eigenvalue weighted by Gasteiger charge is -2.06. The summed E-state index contributed by atoms with van der Waals surface area (Å²) in [6.07, 6.45) is 3.54. The Morgan fingerprint density at radius 2 is 2.21 bits per heavy atom. The van der Waals surface area contributed by atoms with E-state index in [9.17, 15) is 9.18 Å². The van der Waals surface area contributed by atoms with E-state index in [-0.39, 0.29) is 12.5 Å². The zero-order chi connectivity index (χ0) is 11.0. The third kappa shape index (κ3) is 9.19. The van der Waals surface area contributed by atoms with Gasteiger partial charge in [0.2, 0.25) is 0 Å². The fourth-order valence-corrected chi connectivity index (χ4v) is 1.10. The van der Waals surface area contributed by atoms with Gasteiger partial charge in [0, 0.05) is 12.1 Å². The fraction of sp³-hybridized carbons (Fsp3) is 0.700. The van der Waals surface area contributed by atoms with Crippen molar-refractivity contribution in [2.24, 2.45) is 5.73 Å². The lowest BCUT2D eigenvalue weighted by molar-refractivity contribution is -0.131. The second kappa shape index (κ2) is 7.50. The Labute approximate surface area is 83.8 Å². The van der Waals surface area contributed by atoms with Crippen LogP contribution < -0.4 is 5.73 Å². The van der Waals surface area contributed by atoms with E-state index in [0.717, 1.165) is 18.9 Å². The normalized spacial score (nSPS) is 15.6. The van der Waals surface area contributed by atoms with Crippen LogP contribution in [0.1, 0.15) is 32.6 Å². The van der Waals surface area contributed by atoms with Gasteiger partial charge in [-0.05, 0) is 32.6 Å². The average Bonchev–Trinajstić information content (AvgIpc) is 2.02. The Balaban J connectivity index is 3.45. The first-order valence-electron chi connectivity index (χ1n) is 4.81. The molecule has 0 radical (unpaired) electrons. The summed E-state index contributed by atoms with van der Waals surface area (Å²) < 4.78 is 13.0. The molecule has 2 unspecified atom stereocenters. The molecule has 0 spiro atoms. The highest BCUT2D eigenvalue weighted by Gasteiger charge is 2.04. The highest BCUT2D eigenvalue weighted by Crippen LogP contribution is 2.10. The monoisotopic (exact) mass is 203 g/mol. The van der Waals surface area contributed by atoms with E-state index in [1.807, 2.05) is 6.92 Å². The number of carboxylic acids is 1. The third-order valence-electron chi connectivity index (χ3n) is 1.83. The molecule has 4 heteroatoms. The summed E-state index contributed by atoms with van der Waals surface area (Å²) in [4.78, 5) is 10.1. The largest absolute Gasteiger partial charge is 0.478 e. The lowest BCUT2D eigenvalue weighted by atomic mass is 10.1. The van der Waals surface area contributed by atoms with Gasteiger partial charge in [-0.15, -0.1) is 0 Å². The molecule has 0 saturated heterocycles. The molecule has 2 atom stereocenters. The van der Waals surface area contributed by atoms with Gasteiger partial charge in [-0.2, -0.15) is 0 Å². The summed E-state index contributed by atoms with van der Waals surface area (Å²) in [5, 5.41) is 8.25. The maximum absolute atomic E-state index is 13.0. The van der Waals surface area contributed by atoms with E-state index in [4.69, 9.17) is 10.8 Å². The van der Waals surface area contributed by atoms with Gasteiger partial charge in [0.25, 0.3) is 0 Å². The summed E-state index contributed by atoms with van der Waals surface area (Å²) in [5.74, 6) is -1.03. The van der Waals surface area contributed by atoms with Crippen molar-refractivity contribution >= 4 is 5.97 Å². The van der Waals surface area contributed by atoms with Crippen molar-refractivity contribution in [1.29, 1.82) is 0 Å². The first kappa shape index (κ1) is 13.1. The van der Waals surface area contributed by atoms with Crippen LogP contribution in [-0.4, -0.2) is 23.3 Å². The van der Waals surface area contributed by atoms with Crippen LogP contribution in [0.4, 0.5) is 4.39 Å². The van der Waals surface area contributed by atoms with E-state index >= 15 is 0 Å². The zero-order valence-corrected chi connectivity index (χ0v) is 8.45. The predicted octanol–water partition coefficient (Wildman–Crippen LogP) is 1.87. The van der Waals surface area contributed by atoms with Gasteiger partial charge in [-0.25, -0.2) is 9.18 Å². The number of hydrogen-bond acceptors (Lipinski definition) is 2. The van der Waals surface area contributed by atoms with E-state index in [2.05, 4.69) is 0 Å². The number of carboxylic acid groups (broad SMARTS) is 1.